The number of rotatable bonds is 7. The molecule has 0 saturated carbocycles. The van der Waals surface area contributed by atoms with Gasteiger partial charge in [-0.15, -0.1) is 0 Å². The first-order valence-corrected chi connectivity index (χ1v) is 9.71. The Kier molecular flexibility index (Phi) is 6.51. The number of fused-ring (bicyclic) bond motifs is 1. The molecular formula is C23H25N3O4. The van der Waals surface area contributed by atoms with E-state index in [9.17, 15) is 9.59 Å². The van der Waals surface area contributed by atoms with Crippen molar-refractivity contribution in [3.05, 3.63) is 64.1 Å². The van der Waals surface area contributed by atoms with Crippen molar-refractivity contribution >= 4 is 29.1 Å². The Balaban J connectivity index is 1.86. The highest BCUT2D eigenvalue weighted by Gasteiger charge is 2.18. The van der Waals surface area contributed by atoms with Gasteiger partial charge in [0.05, 0.1) is 17.6 Å². The van der Waals surface area contributed by atoms with Gasteiger partial charge in [0.1, 0.15) is 5.69 Å². The molecule has 0 spiro atoms. The summed E-state index contributed by atoms with van der Waals surface area (Å²) in [7, 11) is 3.37. The summed E-state index contributed by atoms with van der Waals surface area (Å²) in [4.78, 5) is 33.1. The topological polar surface area (TPSA) is 84.5 Å². The lowest BCUT2D eigenvalue weighted by molar-refractivity contribution is -0.135. The fraction of sp³-hybridized carbons (Fsp3) is 0.261. The lowest BCUT2D eigenvalue weighted by Gasteiger charge is -2.20. The summed E-state index contributed by atoms with van der Waals surface area (Å²) in [6.07, 6.45) is 2.81. The van der Waals surface area contributed by atoms with Gasteiger partial charge in [0, 0.05) is 14.1 Å². The number of ether oxygens (including phenoxy) is 2. The first kappa shape index (κ1) is 21.1. The SMILES string of the molecule is CCOc1cc(/C=C/c2nc3ccccc3[nH]c2=O)ccc1O[C@H](C)C(=O)N(C)C. The number of amides is 1. The summed E-state index contributed by atoms with van der Waals surface area (Å²) in [5.41, 5.74) is 2.28. The molecule has 7 heteroatoms. The average molecular weight is 407 g/mol. The summed E-state index contributed by atoms with van der Waals surface area (Å²) >= 11 is 0. The summed E-state index contributed by atoms with van der Waals surface area (Å²) in [6.45, 7) is 4.02. The van der Waals surface area contributed by atoms with E-state index in [0.717, 1.165) is 11.1 Å². The highest BCUT2D eigenvalue weighted by Crippen LogP contribution is 2.30. The molecule has 0 aliphatic heterocycles. The van der Waals surface area contributed by atoms with Crippen LogP contribution in [0.2, 0.25) is 0 Å². The van der Waals surface area contributed by atoms with Crippen LogP contribution in [0, 0.1) is 0 Å². The van der Waals surface area contributed by atoms with E-state index in [1.165, 1.54) is 4.90 Å². The number of nitrogens with zero attached hydrogens (tertiary/aromatic N) is 2. The van der Waals surface area contributed by atoms with Crippen LogP contribution in [-0.2, 0) is 4.79 Å². The fourth-order valence-corrected chi connectivity index (χ4v) is 2.93. The number of likely N-dealkylation sites (N-methyl/N-ethyl adjacent to an activating group) is 1. The third-order valence-electron chi connectivity index (χ3n) is 4.42. The standard InChI is InChI=1S/C23H25N3O4/c1-5-29-21-14-16(11-13-20(21)30-15(2)23(28)26(3)4)10-12-19-22(27)25-18-9-7-6-8-17(18)24-19/h6-15H,5H2,1-4H3,(H,25,27)/b12-10+/t15-/m1/s1. The zero-order valence-corrected chi connectivity index (χ0v) is 17.5. The molecule has 30 heavy (non-hydrogen) atoms. The molecule has 1 heterocycles. The van der Waals surface area contributed by atoms with Crippen LogP contribution in [0.5, 0.6) is 11.5 Å². The van der Waals surface area contributed by atoms with Crippen LogP contribution in [0.15, 0.2) is 47.3 Å². The molecule has 7 nitrogen and oxygen atoms in total. The van der Waals surface area contributed by atoms with E-state index in [1.807, 2.05) is 37.3 Å². The molecule has 1 atom stereocenters. The van der Waals surface area contributed by atoms with Gasteiger partial charge >= 0.3 is 0 Å². The molecule has 1 N–H and O–H groups in total. The molecule has 0 radical (unpaired) electrons. The van der Waals surface area contributed by atoms with Crippen LogP contribution in [0.1, 0.15) is 25.1 Å². The van der Waals surface area contributed by atoms with Crippen molar-refractivity contribution in [2.24, 2.45) is 0 Å². The van der Waals surface area contributed by atoms with Crippen molar-refractivity contribution in [2.75, 3.05) is 20.7 Å². The molecule has 0 saturated heterocycles. The Morgan fingerprint density at radius 2 is 1.93 bits per heavy atom. The average Bonchev–Trinajstić information content (AvgIpc) is 2.73. The van der Waals surface area contributed by atoms with E-state index >= 15 is 0 Å². The molecule has 3 rings (SSSR count). The minimum Gasteiger partial charge on any atom is -0.490 e. The van der Waals surface area contributed by atoms with E-state index in [-0.39, 0.29) is 11.5 Å². The Morgan fingerprint density at radius 3 is 2.67 bits per heavy atom. The number of hydrogen-bond donors (Lipinski definition) is 1. The van der Waals surface area contributed by atoms with Crippen LogP contribution in [0.4, 0.5) is 0 Å². The summed E-state index contributed by atoms with van der Waals surface area (Å²) in [6, 6.07) is 12.8. The Hall–Kier alpha value is -3.61. The van der Waals surface area contributed by atoms with E-state index in [1.54, 1.807) is 45.3 Å². The van der Waals surface area contributed by atoms with Crippen molar-refractivity contribution in [3.8, 4) is 11.5 Å². The second-order valence-corrected chi connectivity index (χ2v) is 6.93. The molecule has 0 bridgehead atoms. The predicted molar refractivity (Wildman–Crippen MR) is 118 cm³/mol. The molecule has 0 aliphatic rings. The monoisotopic (exact) mass is 407 g/mol. The lowest BCUT2D eigenvalue weighted by Crippen LogP contribution is -2.35. The Bertz CT molecular complexity index is 1130. The van der Waals surface area contributed by atoms with Crippen LogP contribution in [0.25, 0.3) is 23.2 Å². The van der Waals surface area contributed by atoms with Crippen LogP contribution < -0.4 is 15.0 Å². The molecular weight excluding hydrogens is 382 g/mol. The maximum Gasteiger partial charge on any atom is 0.274 e. The minimum absolute atomic E-state index is 0.136. The first-order chi connectivity index (χ1) is 14.4. The van der Waals surface area contributed by atoms with Gasteiger partial charge < -0.3 is 19.4 Å². The van der Waals surface area contributed by atoms with Crippen molar-refractivity contribution in [1.82, 2.24) is 14.9 Å². The predicted octanol–water partition coefficient (Wildman–Crippen LogP) is 3.35. The minimum atomic E-state index is -0.638. The molecule has 1 aromatic heterocycles. The quantitative estimate of drug-likeness (QED) is 0.649. The number of para-hydroxylation sites is 2. The normalized spacial score (nSPS) is 12.1. The number of aromatic amines is 1. The Morgan fingerprint density at radius 1 is 1.17 bits per heavy atom. The first-order valence-electron chi connectivity index (χ1n) is 9.71. The Labute approximate surface area is 175 Å². The van der Waals surface area contributed by atoms with E-state index in [2.05, 4.69) is 9.97 Å². The molecule has 0 unspecified atom stereocenters. The van der Waals surface area contributed by atoms with E-state index in [0.29, 0.717) is 29.3 Å². The smallest absolute Gasteiger partial charge is 0.274 e. The molecule has 3 aromatic rings. The second-order valence-electron chi connectivity index (χ2n) is 6.93. The number of hydrogen-bond acceptors (Lipinski definition) is 5. The summed E-state index contributed by atoms with van der Waals surface area (Å²) in [5, 5.41) is 0. The van der Waals surface area contributed by atoms with Gasteiger partial charge in [0.25, 0.3) is 11.5 Å². The zero-order valence-electron chi connectivity index (χ0n) is 17.5. The van der Waals surface area contributed by atoms with Crippen molar-refractivity contribution in [1.29, 1.82) is 0 Å². The number of carbonyl (C=O) groups excluding carboxylic acids is 1. The number of nitrogens with one attached hydrogen (secondary N) is 1. The highest BCUT2D eigenvalue weighted by molar-refractivity contribution is 5.80. The molecule has 0 fully saturated rings. The van der Waals surface area contributed by atoms with Gasteiger partial charge in [0.15, 0.2) is 17.6 Å². The molecule has 1 amide bonds. The number of aromatic nitrogens is 2. The maximum atomic E-state index is 12.3. The van der Waals surface area contributed by atoms with Crippen LogP contribution in [0.3, 0.4) is 0 Å². The van der Waals surface area contributed by atoms with Gasteiger partial charge in [0.2, 0.25) is 0 Å². The van der Waals surface area contributed by atoms with Gasteiger partial charge in [-0.05, 0) is 49.8 Å². The van der Waals surface area contributed by atoms with Crippen molar-refractivity contribution in [3.63, 3.8) is 0 Å². The number of H-pyrrole nitrogens is 1. The van der Waals surface area contributed by atoms with Crippen LogP contribution in [-0.4, -0.2) is 47.6 Å². The van der Waals surface area contributed by atoms with E-state index in [4.69, 9.17) is 9.47 Å². The van der Waals surface area contributed by atoms with Gasteiger partial charge in [-0.3, -0.25) is 9.59 Å². The third-order valence-corrected chi connectivity index (χ3v) is 4.42. The molecule has 156 valence electrons. The van der Waals surface area contributed by atoms with Crippen LogP contribution >= 0.6 is 0 Å². The summed E-state index contributed by atoms with van der Waals surface area (Å²) < 4.78 is 11.5. The zero-order chi connectivity index (χ0) is 21.7. The largest absolute Gasteiger partial charge is 0.490 e. The van der Waals surface area contributed by atoms with Gasteiger partial charge in [-0.1, -0.05) is 24.3 Å². The van der Waals surface area contributed by atoms with Gasteiger partial charge in [-0.2, -0.15) is 0 Å². The summed E-state index contributed by atoms with van der Waals surface area (Å²) in [5.74, 6) is 0.875. The molecule has 2 aromatic carbocycles. The third kappa shape index (κ3) is 4.86. The highest BCUT2D eigenvalue weighted by atomic mass is 16.5. The second kappa shape index (κ2) is 9.26. The maximum absolute atomic E-state index is 12.3. The van der Waals surface area contributed by atoms with Crippen molar-refractivity contribution < 1.29 is 14.3 Å². The number of carbonyl (C=O) groups is 1. The van der Waals surface area contributed by atoms with Crippen molar-refractivity contribution in [2.45, 2.75) is 20.0 Å². The lowest BCUT2D eigenvalue weighted by atomic mass is 10.1. The van der Waals surface area contributed by atoms with Gasteiger partial charge in [-0.25, -0.2) is 4.98 Å². The fourth-order valence-electron chi connectivity index (χ4n) is 2.93. The number of benzene rings is 2. The molecule has 0 aliphatic carbocycles. The van der Waals surface area contributed by atoms with E-state index < -0.39 is 6.10 Å².